The second-order valence-electron chi connectivity index (χ2n) is 8.45. The quantitative estimate of drug-likeness (QED) is 0.288. The highest BCUT2D eigenvalue weighted by molar-refractivity contribution is 7.93. The van der Waals surface area contributed by atoms with Crippen LogP contribution in [-0.2, 0) is 20.0 Å². The molecule has 8 nitrogen and oxygen atoms in total. The molecule has 1 amide bonds. The zero-order chi connectivity index (χ0) is 26.6. The summed E-state index contributed by atoms with van der Waals surface area (Å²) in [6.45, 7) is 3.77. The fourth-order valence-corrected chi connectivity index (χ4v) is 5.52. The molecular formula is C27H25N3O5S2. The minimum Gasteiger partial charge on any atom is -0.322 e. The topological polar surface area (TPSA) is 121 Å². The van der Waals surface area contributed by atoms with Gasteiger partial charge >= 0.3 is 0 Å². The molecule has 4 aromatic carbocycles. The van der Waals surface area contributed by atoms with Gasteiger partial charge in [0.15, 0.2) is 0 Å². The fraction of sp³-hybridized carbons (Fsp3) is 0.0741. The number of rotatable bonds is 8. The van der Waals surface area contributed by atoms with Crippen molar-refractivity contribution in [1.29, 1.82) is 0 Å². The number of carbonyl (C=O) groups is 1. The van der Waals surface area contributed by atoms with Crippen LogP contribution in [0.2, 0.25) is 0 Å². The van der Waals surface area contributed by atoms with Gasteiger partial charge in [0.2, 0.25) is 0 Å². The first-order valence-electron chi connectivity index (χ1n) is 11.2. The second-order valence-corrected chi connectivity index (χ2v) is 11.8. The molecule has 0 unspecified atom stereocenters. The number of hydrogen-bond acceptors (Lipinski definition) is 5. The summed E-state index contributed by atoms with van der Waals surface area (Å²) in [5.74, 6) is -0.482. The van der Waals surface area contributed by atoms with E-state index in [2.05, 4.69) is 14.8 Å². The van der Waals surface area contributed by atoms with Gasteiger partial charge in [-0.2, -0.15) is 0 Å². The number of benzene rings is 4. The summed E-state index contributed by atoms with van der Waals surface area (Å²) in [5.41, 5.74) is 3.23. The van der Waals surface area contributed by atoms with Crippen molar-refractivity contribution in [3.63, 3.8) is 0 Å². The molecule has 0 saturated heterocycles. The van der Waals surface area contributed by atoms with Crippen LogP contribution in [0.25, 0.3) is 0 Å². The maximum atomic E-state index is 12.8. The Morgan fingerprint density at radius 3 is 1.59 bits per heavy atom. The smallest absolute Gasteiger partial charge is 0.261 e. The van der Waals surface area contributed by atoms with E-state index in [1.165, 1.54) is 42.5 Å². The zero-order valence-corrected chi connectivity index (χ0v) is 21.7. The molecule has 0 bridgehead atoms. The van der Waals surface area contributed by atoms with E-state index in [1.54, 1.807) is 54.6 Å². The first-order chi connectivity index (χ1) is 17.5. The molecule has 37 heavy (non-hydrogen) atoms. The fourth-order valence-electron chi connectivity index (χ4n) is 3.41. The largest absolute Gasteiger partial charge is 0.322 e. The molecule has 10 heteroatoms. The van der Waals surface area contributed by atoms with Crippen molar-refractivity contribution in [2.45, 2.75) is 23.6 Å². The summed E-state index contributed by atoms with van der Waals surface area (Å²) in [6, 6.07) is 25.2. The highest BCUT2D eigenvalue weighted by Crippen LogP contribution is 2.21. The number of anilines is 3. The first kappa shape index (κ1) is 25.9. The van der Waals surface area contributed by atoms with Crippen molar-refractivity contribution in [3.05, 3.63) is 114 Å². The molecule has 4 rings (SSSR count). The van der Waals surface area contributed by atoms with Crippen molar-refractivity contribution >= 4 is 43.0 Å². The van der Waals surface area contributed by atoms with E-state index in [0.29, 0.717) is 11.4 Å². The second kappa shape index (κ2) is 10.5. The van der Waals surface area contributed by atoms with Gasteiger partial charge in [-0.05, 0) is 80.6 Å². The predicted octanol–water partition coefficient (Wildman–Crippen LogP) is 5.16. The molecule has 3 N–H and O–H groups in total. The maximum absolute atomic E-state index is 12.8. The summed E-state index contributed by atoms with van der Waals surface area (Å²) >= 11 is 0. The maximum Gasteiger partial charge on any atom is 0.261 e. The van der Waals surface area contributed by atoms with Crippen LogP contribution < -0.4 is 14.8 Å². The summed E-state index contributed by atoms with van der Waals surface area (Å²) in [5, 5.41) is 2.69. The van der Waals surface area contributed by atoms with Gasteiger partial charge in [-0.15, -0.1) is 0 Å². The number of aryl methyl sites for hydroxylation is 2. The van der Waals surface area contributed by atoms with Gasteiger partial charge < -0.3 is 5.32 Å². The Morgan fingerprint density at radius 1 is 0.568 bits per heavy atom. The lowest BCUT2D eigenvalue weighted by molar-refractivity contribution is 0.102. The Morgan fingerprint density at radius 2 is 1.03 bits per heavy atom. The van der Waals surface area contributed by atoms with E-state index in [1.807, 2.05) is 13.8 Å². The Bertz CT molecular complexity index is 1630. The van der Waals surface area contributed by atoms with Crippen molar-refractivity contribution in [3.8, 4) is 0 Å². The minimum atomic E-state index is -3.82. The van der Waals surface area contributed by atoms with Crippen LogP contribution in [0, 0.1) is 13.8 Å². The molecule has 0 aromatic heterocycles. The number of sulfonamides is 2. The molecular weight excluding hydrogens is 510 g/mol. The molecule has 0 fully saturated rings. The Balaban J connectivity index is 1.44. The van der Waals surface area contributed by atoms with Gasteiger partial charge in [0.25, 0.3) is 26.0 Å². The molecule has 0 aliphatic carbocycles. The van der Waals surface area contributed by atoms with E-state index in [0.717, 1.165) is 11.1 Å². The van der Waals surface area contributed by atoms with E-state index in [4.69, 9.17) is 0 Å². The van der Waals surface area contributed by atoms with Crippen LogP contribution >= 0.6 is 0 Å². The molecule has 0 saturated carbocycles. The van der Waals surface area contributed by atoms with Crippen LogP contribution in [0.4, 0.5) is 17.1 Å². The molecule has 0 atom stereocenters. The van der Waals surface area contributed by atoms with Gasteiger partial charge in [0, 0.05) is 22.6 Å². The van der Waals surface area contributed by atoms with E-state index >= 15 is 0 Å². The average molecular weight is 536 g/mol. The monoisotopic (exact) mass is 535 g/mol. The summed E-state index contributed by atoms with van der Waals surface area (Å²) < 4.78 is 55.6. The Labute approximate surface area is 216 Å². The van der Waals surface area contributed by atoms with Crippen LogP contribution in [0.15, 0.2) is 107 Å². The van der Waals surface area contributed by atoms with Crippen LogP contribution in [0.5, 0.6) is 0 Å². The first-order valence-corrected chi connectivity index (χ1v) is 14.2. The third-order valence-corrected chi connectivity index (χ3v) is 8.23. The van der Waals surface area contributed by atoms with Crippen molar-refractivity contribution in [2.75, 3.05) is 14.8 Å². The third kappa shape index (κ3) is 6.54. The molecule has 4 aromatic rings. The Kier molecular flexibility index (Phi) is 7.33. The zero-order valence-electron chi connectivity index (χ0n) is 20.1. The van der Waals surface area contributed by atoms with Gasteiger partial charge in [-0.3, -0.25) is 14.2 Å². The number of amides is 1. The molecule has 0 heterocycles. The average Bonchev–Trinajstić information content (AvgIpc) is 2.86. The van der Waals surface area contributed by atoms with E-state index in [9.17, 15) is 21.6 Å². The number of carbonyl (C=O) groups excluding carboxylic acids is 1. The third-order valence-electron chi connectivity index (χ3n) is 5.43. The minimum absolute atomic E-state index is 0.0404. The predicted molar refractivity (Wildman–Crippen MR) is 145 cm³/mol. The van der Waals surface area contributed by atoms with E-state index in [-0.39, 0.29) is 21.0 Å². The van der Waals surface area contributed by atoms with Crippen LogP contribution in [0.3, 0.4) is 0 Å². The van der Waals surface area contributed by atoms with E-state index < -0.39 is 26.0 Å². The molecule has 0 spiro atoms. The summed E-state index contributed by atoms with van der Waals surface area (Å²) in [6.07, 6.45) is 0. The number of hydrogen-bond donors (Lipinski definition) is 3. The lowest BCUT2D eigenvalue weighted by Crippen LogP contribution is -2.15. The van der Waals surface area contributed by atoms with Crippen molar-refractivity contribution in [1.82, 2.24) is 0 Å². The van der Waals surface area contributed by atoms with Gasteiger partial charge in [-0.1, -0.05) is 41.5 Å². The molecule has 0 radical (unpaired) electrons. The highest BCUT2D eigenvalue weighted by atomic mass is 32.2. The highest BCUT2D eigenvalue weighted by Gasteiger charge is 2.16. The van der Waals surface area contributed by atoms with Crippen LogP contribution in [-0.4, -0.2) is 22.7 Å². The van der Waals surface area contributed by atoms with Crippen LogP contribution in [0.1, 0.15) is 21.5 Å². The van der Waals surface area contributed by atoms with Gasteiger partial charge in [0.05, 0.1) is 9.79 Å². The Hall–Kier alpha value is -4.15. The standard InChI is InChI=1S/C27H25N3O5S2/c1-19-6-10-23(11-7-19)29-36(32,33)26-16-12-22(13-17-26)28-27(31)21-4-3-5-24(18-21)30-37(34,35)25-14-8-20(2)9-15-25/h3-18,29-30H,1-2H3,(H,28,31). The SMILES string of the molecule is Cc1ccc(NS(=O)(=O)c2ccc(NC(=O)c3cccc(NS(=O)(=O)c4ccc(C)cc4)c3)cc2)cc1. The molecule has 0 aliphatic rings. The lowest BCUT2D eigenvalue weighted by atomic mass is 10.2. The normalized spacial score (nSPS) is 11.5. The lowest BCUT2D eigenvalue weighted by Gasteiger charge is -2.11. The molecule has 0 aliphatic heterocycles. The summed E-state index contributed by atoms with van der Waals surface area (Å²) in [4.78, 5) is 12.9. The van der Waals surface area contributed by atoms with Crippen molar-refractivity contribution in [2.24, 2.45) is 0 Å². The van der Waals surface area contributed by atoms with Gasteiger partial charge in [-0.25, -0.2) is 16.8 Å². The van der Waals surface area contributed by atoms with Crippen molar-refractivity contribution < 1.29 is 21.6 Å². The number of nitrogens with one attached hydrogen (secondary N) is 3. The van der Waals surface area contributed by atoms with Gasteiger partial charge in [0.1, 0.15) is 0 Å². The molecule has 190 valence electrons. The summed E-state index contributed by atoms with van der Waals surface area (Å²) in [7, 11) is -7.62.